The van der Waals surface area contributed by atoms with Gasteiger partial charge in [-0.2, -0.15) is 0 Å². The van der Waals surface area contributed by atoms with Gasteiger partial charge in [0.05, 0.1) is 6.54 Å². The summed E-state index contributed by atoms with van der Waals surface area (Å²) < 4.78 is 5.52. The van der Waals surface area contributed by atoms with Crippen molar-refractivity contribution in [3.05, 3.63) is 47.5 Å². The molecule has 0 unspecified atom stereocenters. The molecule has 0 saturated carbocycles. The third kappa shape index (κ3) is 2.99. The molecule has 1 aliphatic carbocycles. The molecule has 1 heterocycles. The first-order chi connectivity index (χ1) is 9.81. The zero-order chi connectivity index (χ0) is 13.8. The van der Waals surface area contributed by atoms with Crippen molar-refractivity contribution in [2.45, 2.75) is 25.8 Å². The molecule has 0 aliphatic heterocycles. The molecule has 20 heavy (non-hydrogen) atoms. The van der Waals surface area contributed by atoms with Crippen LogP contribution in [-0.4, -0.2) is 22.5 Å². The number of rotatable bonds is 5. The van der Waals surface area contributed by atoms with E-state index in [1.54, 1.807) is 12.4 Å². The van der Waals surface area contributed by atoms with E-state index in [1.807, 2.05) is 12.1 Å². The molecule has 1 aromatic carbocycles. The molecule has 104 valence electrons. The third-order valence-corrected chi connectivity index (χ3v) is 3.45. The summed E-state index contributed by atoms with van der Waals surface area (Å²) in [6.45, 7) is 0.416. The monoisotopic (exact) mass is 271 g/mol. The van der Waals surface area contributed by atoms with Crippen molar-refractivity contribution in [2.24, 2.45) is 0 Å². The highest BCUT2D eigenvalue weighted by molar-refractivity contribution is 5.77. The van der Waals surface area contributed by atoms with E-state index >= 15 is 0 Å². The maximum atomic E-state index is 11.7. The summed E-state index contributed by atoms with van der Waals surface area (Å²) in [6, 6.07) is 6.07. The van der Waals surface area contributed by atoms with Gasteiger partial charge in [0.15, 0.2) is 6.61 Å². The summed E-state index contributed by atoms with van der Waals surface area (Å²) in [6.07, 6.45) is 6.85. The Morgan fingerprint density at radius 2 is 2.25 bits per heavy atom. The van der Waals surface area contributed by atoms with E-state index in [2.05, 4.69) is 21.4 Å². The largest absolute Gasteiger partial charge is 0.484 e. The molecule has 0 bridgehead atoms. The lowest BCUT2D eigenvalue weighted by molar-refractivity contribution is -0.123. The number of benzene rings is 1. The van der Waals surface area contributed by atoms with Crippen LogP contribution in [0.3, 0.4) is 0 Å². The highest BCUT2D eigenvalue weighted by Crippen LogP contribution is 2.25. The number of aromatic amines is 1. The molecule has 2 aromatic rings. The minimum Gasteiger partial charge on any atom is -0.484 e. The molecule has 0 radical (unpaired) electrons. The fraction of sp³-hybridized carbons (Fsp3) is 0.333. The maximum Gasteiger partial charge on any atom is 0.258 e. The Bertz CT molecular complexity index is 593. The first kappa shape index (κ1) is 12.7. The topological polar surface area (TPSA) is 67.0 Å². The number of aromatic nitrogens is 2. The van der Waals surface area contributed by atoms with Crippen LogP contribution in [0.4, 0.5) is 0 Å². The maximum absolute atomic E-state index is 11.7. The van der Waals surface area contributed by atoms with Gasteiger partial charge >= 0.3 is 0 Å². The van der Waals surface area contributed by atoms with Gasteiger partial charge in [-0.05, 0) is 42.5 Å². The average Bonchev–Trinajstić information content (AvgIpc) is 3.13. The molecule has 5 heteroatoms. The van der Waals surface area contributed by atoms with E-state index in [1.165, 1.54) is 17.5 Å². The lowest BCUT2D eigenvalue weighted by atomic mass is 10.1. The van der Waals surface area contributed by atoms with Crippen molar-refractivity contribution in [3.63, 3.8) is 0 Å². The molecule has 1 amide bonds. The Morgan fingerprint density at radius 1 is 1.35 bits per heavy atom. The Labute approximate surface area is 117 Å². The molecule has 1 aliphatic rings. The molecular formula is C15H17N3O2. The molecule has 2 N–H and O–H groups in total. The molecule has 0 atom stereocenters. The summed E-state index contributed by atoms with van der Waals surface area (Å²) in [5.41, 5.74) is 2.75. The quantitative estimate of drug-likeness (QED) is 0.868. The Morgan fingerprint density at radius 3 is 3.10 bits per heavy atom. The third-order valence-electron chi connectivity index (χ3n) is 3.45. The number of imidazole rings is 1. The highest BCUT2D eigenvalue weighted by Gasteiger charge is 2.11. The van der Waals surface area contributed by atoms with Crippen LogP contribution in [0.2, 0.25) is 0 Å². The van der Waals surface area contributed by atoms with Crippen LogP contribution in [-0.2, 0) is 24.2 Å². The predicted molar refractivity (Wildman–Crippen MR) is 74.4 cm³/mol. The number of nitrogens with zero attached hydrogens (tertiary/aromatic N) is 1. The summed E-state index contributed by atoms with van der Waals surface area (Å²) in [5, 5.41) is 2.75. The number of hydrogen-bond donors (Lipinski definition) is 2. The minimum absolute atomic E-state index is 0.0273. The van der Waals surface area contributed by atoms with Crippen LogP contribution < -0.4 is 10.1 Å². The zero-order valence-electron chi connectivity index (χ0n) is 11.2. The van der Waals surface area contributed by atoms with Crippen molar-refractivity contribution in [1.29, 1.82) is 0 Å². The van der Waals surface area contributed by atoms with Gasteiger partial charge in [0.1, 0.15) is 11.6 Å². The lowest BCUT2D eigenvalue weighted by Crippen LogP contribution is -2.28. The molecule has 1 aromatic heterocycles. The van der Waals surface area contributed by atoms with Gasteiger partial charge in [0.25, 0.3) is 5.91 Å². The molecule has 3 rings (SSSR count). The minimum atomic E-state index is -0.151. The fourth-order valence-electron chi connectivity index (χ4n) is 2.41. The van der Waals surface area contributed by atoms with Crippen molar-refractivity contribution < 1.29 is 9.53 Å². The smallest absolute Gasteiger partial charge is 0.258 e. The van der Waals surface area contributed by atoms with Crippen molar-refractivity contribution in [3.8, 4) is 5.75 Å². The van der Waals surface area contributed by atoms with E-state index in [-0.39, 0.29) is 12.5 Å². The summed E-state index contributed by atoms with van der Waals surface area (Å²) >= 11 is 0. The number of H-pyrrole nitrogens is 1. The number of ether oxygens (including phenoxy) is 1. The first-order valence-electron chi connectivity index (χ1n) is 6.81. The van der Waals surface area contributed by atoms with Gasteiger partial charge in [-0.1, -0.05) is 6.07 Å². The summed E-state index contributed by atoms with van der Waals surface area (Å²) in [5.74, 6) is 1.34. The first-order valence-corrected chi connectivity index (χ1v) is 6.81. The number of aryl methyl sites for hydroxylation is 2. The average molecular weight is 271 g/mol. The SMILES string of the molecule is O=C(COc1ccc2c(c1)CCC2)NCc1ncc[nH]1. The van der Waals surface area contributed by atoms with E-state index in [9.17, 15) is 4.79 Å². The van der Waals surface area contributed by atoms with E-state index in [4.69, 9.17) is 4.74 Å². The van der Waals surface area contributed by atoms with Crippen LogP contribution in [0, 0.1) is 0 Å². The van der Waals surface area contributed by atoms with Gasteiger partial charge in [-0.25, -0.2) is 4.98 Å². The Hall–Kier alpha value is -2.30. The van der Waals surface area contributed by atoms with Crippen molar-refractivity contribution in [1.82, 2.24) is 15.3 Å². The Kier molecular flexibility index (Phi) is 3.67. The summed E-state index contributed by atoms with van der Waals surface area (Å²) in [4.78, 5) is 18.6. The number of carbonyl (C=O) groups is 1. The molecule has 5 nitrogen and oxygen atoms in total. The second kappa shape index (κ2) is 5.77. The van der Waals surface area contributed by atoms with Crippen molar-refractivity contribution >= 4 is 5.91 Å². The second-order valence-corrected chi connectivity index (χ2v) is 4.89. The number of fused-ring (bicyclic) bond motifs is 1. The van der Waals surface area contributed by atoms with E-state index in [0.29, 0.717) is 6.54 Å². The number of nitrogens with one attached hydrogen (secondary N) is 2. The normalized spacial score (nSPS) is 13.0. The molecular weight excluding hydrogens is 254 g/mol. The van der Waals surface area contributed by atoms with E-state index < -0.39 is 0 Å². The van der Waals surface area contributed by atoms with Crippen molar-refractivity contribution in [2.75, 3.05) is 6.61 Å². The fourth-order valence-corrected chi connectivity index (χ4v) is 2.41. The number of amides is 1. The van der Waals surface area contributed by atoms with Crippen LogP contribution in [0.15, 0.2) is 30.6 Å². The lowest BCUT2D eigenvalue weighted by Gasteiger charge is -2.08. The molecule has 0 spiro atoms. The van der Waals surface area contributed by atoms with Crippen LogP contribution in [0.25, 0.3) is 0 Å². The molecule has 0 fully saturated rings. The van der Waals surface area contributed by atoms with Crippen LogP contribution >= 0.6 is 0 Å². The van der Waals surface area contributed by atoms with Crippen LogP contribution in [0.1, 0.15) is 23.4 Å². The van der Waals surface area contributed by atoms with Gasteiger partial charge in [-0.15, -0.1) is 0 Å². The van der Waals surface area contributed by atoms with Gasteiger partial charge in [-0.3, -0.25) is 4.79 Å². The number of carbonyl (C=O) groups excluding carboxylic acids is 1. The highest BCUT2D eigenvalue weighted by atomic mass is 16.5. The number of hydrogen-bond acceptors (Lipinski definition) is 3. The standard InChI is InChI=1S/C15H17N3O2/c19-15(18-9-14-16-6-7-17-14)10-20-13-5-4-11-2-1-3-12(11)8-13/h4-8H,1-3,9-10H2,(H,16,17)(H,18,19). The van der Waals surface area contributed by atoms with Gasteiger partial charge in [0.2, 0.25) is 0 Å². The predicted octanol–water partition coefficient (Wildman–Crippen LogP) is 1.59. The summed E-state index contributed by atoms with van der Waals surface area (Å²) in [7, 11) is 0. The Balaban J connectivity index is 1.48. The van der Waals surface area contributed by atoms with Gasteiger partial charge in [0, 0.05) is 12.4 Å². The van der Waals surface area contributed by atoms with Crippen LogP contribution in [0.5, 0.6) is 5.75 Å². The van der Waals surface area contributed by atoms with Gasteiger partial charge < -0.3 is 15.0 Å². The van der Waals surface area contributed by atoms with E-state index in [0.717, 1.165) is 24.4 Å². The molecule has 0 saturated heterocycles. The second-order valence-electron chi connectivity index (χ2n) is 4.89. The zero-order valence-corrected chi connectivity index (χ0v) is 11.2.